The van der Waals surface area contributed by atoms with Gasteiger partial charge in [-0.25, -0.2) is 0 Å². The minimum absolute atomic E-state index is 0.346. The molecule has 10 aromatic carbocycles. The third-order valence-electron chi connectivity index (χ3n) is 13.2. The fraction of sp³-hybridized carbons (Fsp3) is 0.0492. The minimum atomic E-state index is 0.346. The maximum atomic E-state index is 2.53. The molecule has 12 rings (SSSR count). The molecule has 0 fully saturated rings. The van der Waals surface area contributed by atoms with Crippen molar-refractivity contribution in [1.82, 2.24) is 4.57 Å². The summed E-state index contributed by atoms with van der Waals surface area (Å²) in [7, 11) is 0. The minimum Gasteiger partial charge on any atom is -0.313 e. The maximum absolute atomic E-state index is 2.53. The van der Waals surface area contributed by atoms with Crippen LogP contribution in [0.3, 0.4) is 0 Å². The highest BCUT2D eigenvalue weighted by molar-refractivity contribution is 6.15. The van der Waals surface area contributed by atoms with Gasteiger partial charge in [0.15, 0.2) is 0 Å². The lowest BCUT2D eigenvalue weighted by Gasteiger charge is -2.28. The van der Waals surface area contributed by atoms with Crippen LogP contribution >= 0.6 is 0 Å². The molecular formula is C61H44N2. The van der Waals surface area contributed by atoms with Crippen molar-refractivity contribution in [2.24, 2.45) is 0 Å². The molecule has 1 heterocycles. The van der Waals surface area contributed by atoms with Gasteiger partial charge in [0.1, 0.15) is 0 Å². The quantitative estimate of drug-likeness (QED) is 0.156. The molecule has 0 radical (unpaired) electrons. The largest absolute Gasteiger partial charge is 0.313 e. The number of anilines is 3. The first-order chi connectivity index (χ1) is 31.2. The molecular weight excluding hydrogens is 761 g/mol. The van der Waals surface area contributed by atoms with E-state index in [1.54, 1.807) is 0 Å². The molecule has 1 aliphatic rings. The third-order valence-corrected chi connectivity index (χ3v) is 13.2. The Morgan fingerprint density at radius 1 is 0.444 bits per heavy atom. The Balaban J connectivity index is 0.983. The summed E-state index contributed by atoms with van der Waals surface area (Å²) < 4.78 is 2.53. The van der Waals surface area contributed by atoms with Crippen molar-refractivity contribution in [3.8, 4) is 27.9 Å². The van der Waals surface area contributed by atoms with Crippen LogP contribution in [0.15, 0.2) is 231 Å². The third kappa shape index (κ3) is 6.25. The highest BCUT2D eigenvalue weighted by Crippen LogP contribution is 2.48. The molecule has 298 valence electrons. The summed E-state index contributed by atoms with van der Waals surface area (Å²) in [5, 5.41) is 8.83. The Kier molecular flexibility index (Phi) is 8.90. The molecule has 1 aliphatic carbocycles. The number of hydrogen-bond donors (Lipinski definition) is 0. The number of nitrogens with zero attached hydrogens (tertiary/aromatic N) is 2. The topological polar surface area (TPSA) is 8.17 Å². The molecule has 0 aliphatic heterocycles. The molecule has 0 amide bonds. The maximum Gasteiger partial charge on any atom is 0.0544 e. The van der Waals surface area contributed by atoms with E-state index in [0.29, 0.717) is 5.92 Å². The van der Waals surface area contributed by atoms with E-state index in [1.165, 1.54) is 93.6 Å². The fourth-order valence-electron chi connectivity index (χ4n) is 10.2. The van der Waals surface area contributed by atoms with E-state index < -0.39 is 0 Å². The number of allylic oxidation sites excluding steroid dienone is 1. The zero-order valence-corrected chi connectivity index (χ0v) is 35.1. The molecule has 1 aromatic heterocycles. The summed E-state index contributed by atoms with van der Waals surface area (Å²) in [5.41, 5.74) is 15.9. The van der Waals surface area contributed by atoms with Crippen molar-refractivity contribution < 1.29 is 0 Å². The Morgan fingerprint density at radius 3 is 1.79 bits per heavy atom. The Labute approximate surface area is 368 Å². The average Bonchev–Trinajstić information content (AvgIpc) is 3.71. The molecule has 2 heteroatoms. The number of benzene rings is 10. The second kappa shape index (κ2) is 15.2. The van der Waals surface area contributed by atoms with Gasteiger partial charge in [0, 0.05) is 45.0 Å². The Morgan fingerprint density at radius 2 is 1.03 bits per heavy atom. The summed E-state index contributed by atoms with van der Waals surface area (Å²) >= 11 is 0. The highest BCUT2D eigenvalue weighted by atomic mass is 15.1. The zero-order chi connectivity index (χ0) is 41.9. The fourth-order valence-corrected chi connectivity index (χ4v) is 10.2. The lowest BCUT2D eigenvalue weighted by molar-refractivity contribution is 0.721. The zero-order valence-electron chi connectivity index (χ0n) is 35.1. The average molecular weight is 805 g/mol. The number of fused-ring (bicyclic) bond motifs is 7. The second-order valence-electron chi connectivity index (χ2n) is 16.9. The molecule has 0 saturated carbocycles. The van der Waals surface area contributed by atoms with Crippen molar-refractivity contribution in [2.75, 3.05) is 4.90 Å². The number of rotatable bonds is 7. The Hall–Kier alpha value is -7.94. The van der Waals surface area contributed by atoms with Crippen LogP contribution in [0.1, 0.15) is 36.1 Å². The van der Waals surface area contributed by atoms with E-state index in [2.05, 4.69) is 247 Å². The van der Waals surface area contributed by atoms with Gasteiger partial charge in [-0.1, -0.05) is 189 Å². The second-order valence-corrected chi connectivity index (χ2v) is 16.9. The van der Waals surface area contributed by atoms with Gasteiger partial charge in [-0.05, 0) is 115 Å². The predicted octanol–water partition coefficient (Wildman–Crippen LogP) is 16.8. The van der Waals surface area contributed by atoms with E-state index >= 15 is 0 Å². The van der Waals surface area contributed by atoms with Crippen LogP contribution in [-0.2, 0) is 0 Å². The van der Waals surface area contributed by atoms with Crippen LogP contribution < -0.4 is 4.90 Å². The van der Waals surface area contributed by atoms with E-state index in [1.807, 2.05) is 0 Å². The molecule has 1 atom stereocenters. The molecule has 2 nitrogen and oxygen atoms in total. The number of para-hydroxylation sites is 1. The van der Waals surface area contributed by atoms with E-state index in [4.69, 9.17) is 0 Å². The van der Waals surface area contributed by atoms with Crippen LogP contribution in [0.5, 0.6) is 0 Å². The van der Waals surface area contributed by atoms with Crippen molar-refractivity contribution in [1.29, 1.82) is 0 Å². The van der Waals surface area contributed by atoms with Crippen LogP contribution in [0.2, 0.25) is 0 Å². The van der Waals surface area contributed by atoms with Gasteiger partial charge in [-0.2, -0.15) is 0 Å². The van der Waals surface area contributed by atoms with Crippen LogP contribution in [0.4, 0.5) is 17.1 Å². The van der Waals surface area contributed by atoms with Gasteiger partial charge in [-0.3, -0.25) is 0 Å². The van der Waals surface area contributed by atoms with Crippen LogP contribution in [-0.4, -0.2) is 4.57 Å². The summed E-state index contributed by atoms with van der Waals surface area (Å²) in [5.74, 6) is 0.346. The van der Waals surface area contributed by atoms with Crippen molar-refractivity contribution in [3.63, 3.8) is 0 Å². The molecule has 0 N–H and O–H groups in total. The van der Waals surface area contributed by atoms with Gasteiger partial charge in [-0.15, -0.1) is 0 Å². The van der Waals surface area contributed by atoms with Crippen LogP contribution in [0, 0.1) is 0 Å². The van der Waals surface area contributed by atoms with E-state index in [-0.39, 0.29) is 0 Å². The monoisotopic (exact) mass is 804 g/mol. The highest BCUT2D eigenvalue weighted by Gasteiger charge is 2.30. The number of hydrogen-bond acceptors (Lipinski definition) is 1. The lowest BCUT2D eigenvalue weighted by atomic mass is 9.83. The van der Waals surface area contributed by atoms with E-state index in [9.17, 15) is 0 Å². The predicted molar refractivity (Wildman–Crippen MR) is 268 cm³/mol. The van der Waals surface area contributed by atoms with E-state index in [0.717, 1.165) is 23.5 Å². The first-order valence-electron chi connectivity index (χ1n) is 22.1. The normalized spacial score (nSPS) is 13.7. The van der Waals surface area contributed by atoms with Gasteiger partial charge in [0.05, 0.1) is 11.2 Å². The molecule has 11 aromatic rings. The van der Waals surface area contributed by atoms with Crippen molar-refractivity contribution in [3.05, 3.63) is 247 Å². The SMILES string of the molecule is CC1CC=C(c2cccc(N(c3ccc(-c4ccc(-c5cccc6ccccc56)cc4)cc3)c3cccc4ccccc34)c2)c2c1n(-c1ccccc1)c1ccc3ccccc3c21. The first-order valence-corrected chi connectivity index (χ1v) is 22.1. The molecule has 0 spiro atoms. The first kappa shape index (κ1) is 36.9. The van der Waals surface area contributed by atoms with Gasteiger partial charge in [0.2, 0.25) is 0 Å². The standard InChI is InChI=1S/C61H44N2/c1-41-28-38-56(60-59-55-25-10-7-16-46(55)35-39-58(59)63(61(41)60)49-20-3-2-4-21-49)48-19-11-22-51(40-48)62(57-27-13-18-45-15-6-9-24-54(45)57)50-36-33-43(34-37-50)42-29-31-47(32-30-42)53-26-12-17-44-14-5-8-23-52(44)53/h2-27,29-41H,28H2,1H3. The summed E-state index contributed by atoms with van der Waals surface area (Å²) in [6, 6.07) is 82.3. The van der Waals surface area contributed by atoms with Crippen molar-refractivity contribution in [2.45, 2.75) is 19.3 Å². The van der Waals surface area contributed by atoms with Gasteiger partial charge >= 0.3 is 0 Å². The molecule has 63 heavy (non-hydrogen) atoms. The summed E-state index contributed by atoms with van der Waals surface area (Å²) in [6.45, 7) is 2.38. The molecule has 1 unspecified atom stereocenters. The van der Waals surface area contributed by atoms with Crippen LogP contribution in [0.25, 0.3) is 76.7 Å². The van der Waals surface area contributed by atoms with Crippen molar-refractivity contribution >= 4 is 65.9 Å². The molecule has 0 saturated heterocycles. The summed E-state index contributed by atoms with van der Waals surface area (Å²) in [4.78, 5) is 2.44. The van der Waals surface area contributed by atoms with Gasteiger partial charge < -0.3 is 9.47 Å². The number of aromatic nitrogens is 1. The Bertz CT molecular complexity index is 3530. The lowest BCUT2D eigenvalue weighted by Crippen LogP contribution is -2.12. The smallest absolute Gasteiger partial charge is 0.0544 e. The molecule has 0 bridgehead atoms. The summed E-state index contributed by atoms with van der Waals surface area (Å²) in [6.07, 6.45) is 3.45. The van der Waals surface area contributed by atoms with Gasteiger partial charge in [0.25, 0.3) is 0 Å².